The minimum atomic E-state index is -1.09. The molecule has 0 saturated carbocycles. The molecule has 0 atom stereocenters. The van der Waals surface area contributed by atoms with E-state index < -0.39 is 5.97 Å². The zero-order valence-corrected chi connectivity index (χ0v) is 20.7. The molecule has 0 N–H and O–H groups in total. The zero-order valence-electron chi connectivity index (χ0n) is 18.7. The van der Waals surface area contributed by atoms with Crippen LogP contribution < -0.4 is 39.4 Å². The maximum Gasteiger partial charge on any atom is 1.00 e. The van der Waals surface area contributed by atoms with Crippen LogP contribution in [0.15, 0.2) is 36.4 Å². The van der Waals surface area contributed by atoms with E-state index in [-0.39, 0.29) is 29.6 Å². The van der Waals surface area contributed by atoms with Crippen molar-refractivity contribution in [2.75, 3.05) is 0 Å². The fourth-order valence-corrected chi connectivity index (χ4v) is 4.27. The number of unbranched alkanes of at least 4 members (excludes halogenated alkanes) is 9. The van der Waals surface area contributed by atoms with Gasteiger partial charge >= 0.3 is 29.6 Å². The van der Waals surface area contributed by atoms with Gasteiger partial charge in [-0.05, 0) is 36.1 Å². The summed E-state index contributed by atoms with van der Waals surface area (Å²) >= 11 is 0. The van der Waals surface area contributed by atoms with Gasteiger partial charge in [-0.1, -0.05) is 89.0 Å². The zero-order chi connectivity index (χ0) is 20.5. The van der Waals surface area contributed by atoms with Crippen LogP contribution in [0.1, 0.15) is 98.2 Å². The Labute approximate surface area is 203 Å². The second-order valence-electron chi connectivity index (χ2n) is 8.18. The van der Waals surface area contributed by atoms with Crippen molar-refractivity contribution in [2.24, 2.45) is 0 Å². The Morgan fingerprint density at radius 3 is 2.17 bits per heavy atom. The molecule has 0 radical (unpaired) electrons. The Hall–Kier alpha value is -1.29. The van der Waals surface area contributed by atoms with Crippen molar-refractivity contribution in [1.29, 1.82) is 0 Å². The van der Waals surface area contributed by atoms with Crippen LogP contribution in [0.2, 0.25) is 0 Å². The molecule has 4 heteroatoms. The minimum absolute atomic E-state index is 0. The van der Waals surface area contributed by atoms with Gasteiger partial charge in [0.2, 0.25) is 0 Å². The third kappa shape index (κ3) is 6.87. The number of carboxylic acid groups (broad SMARTS) is 1. The summed E-state index contributed by atoms with van der Waals surface area (Å²) in [7, 11) is 0. The molecule has 0 bridgehead atoms. The average Bonchev–Trinajstić information content (AvgIpc) is 2.73. The summed E-state index contributed by atoms with van der Waals surface area (Å²) in [4.78, 5) is 11.9. The van der Waals surface area contributed by atoms with Gasteiger partial charge in [0.25, 0.3) is 0 Å². The van der Waals surface area contributed by atoms with Crippen LogP contribution in [0.3, 0.4) is 0 Å². The van der Waals surface area contributed by atoms with Gasteiger partial charge in [-0.2, -0.15) is 0 Å². The quantitative estimate of drug-likeness (QED) is 0.337. The number of para-hydroxylation sites is 1. The number of ether oxygens (including phenoxy) is 1. The van der Waals surface area contributed by atoms with Gasteiger partial charge in [-0.25, -0.2) is 0 Å². The van der Waals surface area contributed by atoms with Crippen molar-refractivity contribution < 1.29 is 44.2 Å². The van der Waals surface area contributed by atoms with Crippen molar-refractivity contribution in [3.8, 4) is 11.5 Å². The van der Waals surface area contributed by atoms with E-state index in [1.165, 1.54) is 51.4 Å². The topological polar surface area (TPSA) is 49.4 Å². The van der Waals surface area contributed by atoms with Crippen molar-refractivity contribution >= 4 is 5.97 Å². The van der Waals surface area contributed by atoms with E-state index in [4.69, 9.17) is 4.74 Å². The molecule has 0 spiro atoms. The summed E-state index contributed by atoms with van der Waals surface area (Å²) in [6, 6.07) is 11.6. The number of aryl methyl sites for hydroxylation is 1. The van der Waals surface area contributed by atoms with Crippen molar-refractivity contribution in [2.45, 2.75) is 84.0 Å². The number of carboxylic acids is 1. The maximum absolute atomic E-state index is 11.9. The Morgan fingerprint density at radius 2 is 1.50 bits per heavy atom. The minimum Gasteiger partial charge on any atom is -0.545 e. The second-order valence-corrected chi connectivity index (χ2v) is 8.18. The molecule has 0 amide bonds. The van der Waals surface area contributed by atoms with Gasteiger partial charge < -0.3 is 14.6 Å². The molecule has 1 heterocycles. The fourth-order valence-electron chi connectivity index (χ4n) is 4.27. The first-order valence-corrected chi connectivity index (χ1v) is 11.3. The molecule has 0 aliphatic carbocycles. The summed E-state index contributed by atoms with van der Waals surface area (Å²) in [5.41, 5.74) is 3.01. The van der Waals surface area contributed by atoms with Gasteiger partial charge in [0.1, 0.15) is 11.5 Å². The van der Waals surface area contributed by atoms with E-state index in [9.17, 15) is 9.90 Å². The monoisotopic (exact) mass is 416 g/mol. The normalized spacial score (nSPS) is 11.8. The number of fused-ring (bicyclic) bond motifs is 2. The Balaban J connectivity index is 0.00000320. The molecule has 1 aliphatic heterocycles. The van der Waals surface area contributed by atoms with Crippen LogP contribution in [0, 0.1) is 0 Å². The first-order chi connectivity index (χ1) is 14.2. The van der Waals surface area contributed by atoms with E-state index in [0.717, 1.165) is 41.7 Å². The first kappa shape index (κ1) is 25.0. The molecule has 0 saturated heterocycles. The van der Waals surface area contributed by atoms with Crippen LogP contribution in [-0.2, 0) is 12.8 Å². The van der Waals surface area contributed by atoms with E-state index in [1.54, 1.807) is 0 Å². The fraction of sp³-hybridized carbons (Fsp3) is 0.500. The third-order valence-corrected chi connectivity index (χ3v) is 5.92. The molecule has 30 heavy (non-hydrogen) atoms. The van der Waals surface area contributed by atoms with E-state index in [2.05, 4.69) is 6.92 Å². The smallest absolute Gasteiger partial charge is 0.545 e. The standard InChI is InChI=1S/C26H34O3.Na/c1-2-3-4-5-6-7-8-9-10-11-14-20-17-18-24-22(25(20)26(27)28)19-21-15-12-13-16-23(21)29-24;/h12-13,15-18H,2-11,14,19H2,1H3,(H,27,28);/q;+1/p-1. The van der Waals surface area contributed by atoms with Gasteiger partial charge in [-0.3, -0.25) is 0 Å². The van der Waals surface area contributed by atoms with Crippen molar-refractivity contribution in [3.05, 3.63) is 58.7 Å². The van der Waals surface area contributed by atoms with Crippen LogP contribution in [-0.4, -0.2) is 5.97 Å². The van der Waals surface area contributed by atoms with E-state index >= 15 is 0 Å². The molecule has 0 unspecified atom stereocenters. The average molecular weight is 417 g/mol. The molecule has 3 rings (SSSR count). The number of hydrogen-bond donors (Lipinski definition) is 0. The Bertz CT molecular complexity index is 816. The number of carbonyl (C=O) groups is 1. The van der Waals surface area contributed by atoms with Crippen molar-refractivity contribution in [3.63, 3.8) is 0 Å². The molecule has 156 valence electrons. The van der Waals surface area contributed by atoms with Crippen LogP contribution in [0.4, 0.5) is 0 Å². The van der Waals surface area contributed by atoms with Gasteiger partial charge in [0, 0.05) is 17.5 Å². The molecule has 3 nitrogen and oxygen atoms in total. The van der Waals surface area contributed by atoms with Crippen LogP contribution in [0.5, 0.6) is 11.5 Å². The van der Waals surface area contributed by atoms with E-state index in [0.29, 0.717) is 17.7 Å². The largest absolute Gasteiger partial charge is 1.00 e. The Morgan fingerprint density at radius 1 is 0.867 bits per heavy atom. The van der Waals surface area contributed by atoms with Crippen LogP contribution >= 0.6 is 0 Å². The van der Waals surface area contributed by atoms with E-state index in [1.807, 2.05) is 36.4 Å². The third-order valence-electron chi connectivity index (χ3n) is 5.92. The van der Waals surface area contributed by atoms with Gasteiger partial charge in [-0.15, -0.1) is 0 Å². The summed E-state index contributed by atoms with van der Waals surface area (Å²) in [5, 5.41) is 11.9. The molecule has 2 aromatic rings. The number of carbonyl (C=O) groups excluding carboxylic acids is 1. The Kier molecular flexibility index (Phi) is 11.0. The molecule has 0 fully saturated rings. The molecule has 2 aromatic carbocycles. The second kappa shape index (κ2) is 13.2. The molecule has 0 aromatic heterocycles. The number of benzene rings is 2. The predicted octanol–water partition coefficient (Wildman–Crippen LogP) is 3.21. The summed E-state index contributed by atoms with van der Waals surface area (Å²) in [5.74, 6) is 0.369. The summed E-state index contributed by atoms with van der Waals surface area (Å²) < 4.78 is 5.94. The number of aromatic carboxylic acids is 1. The SMILES string of the molecule is CCCCCCCCCCCCc1ccc2c(c1C(=O)[O-])Cc1ccccc1O2.[Na+]. The van der Waals surface area contributed by atoms with Gasteiger partial charge in [0.05, 0.1) is 5.97 Å². The number of rotatable bonds is 12. The first-order valence-electron chi connectivity index (χ1n) is 11.3. The summed E-state index contributed by atoms with van der Waals surface area (Å²) in [6.45, 7) is 2.25. The number of hydrogen-bond acceptors (Lipinski definition) is 3. The van der Waals surface area contributed by atoms with Crippen LogP contribution in [0.25, 0.3) is 0 Å². The van der Waals surface area contributed by atoms with Gasteiger partial charge in [0.15, 0.2) is 0 Å². The molecule has 1 aliphatic rings. The molecular weight excluding hydrogens is 383 g/mol. The summed E-state index contributed by atoms with van der Waals surface area (Å²) in [6.07, 6.45) is 14.1. The predicted molar refractivity (Wildman–Crippen MR) is 116 cm³/mol. The molecular formula is C26H33NaO3. The van der Waals surface area contributed by atoms with Crippen molar-refractivity contribution in [1.82, 2.24) is 0 Å². The maximum atomic E-state index is 11.9.